The molecule has 3 rings (SSSR count). The summed E-state index contributed by atoms with van der Waals surface area (Å²) >= 11 is -1.27. The molecule has 1 saturated heterocycles. The number of aryl methyl sites for hydroxylation is 1. The highest BCUT2D eigenvalue weighted by Crippen LogP contribution is 2.14. The van der Waals surface area contributed by atoms with Crippen LogP contribution in [0, 0.1) is 18.7 Å². The van der Waals surface area contributed by atoms with E-state index in [2.05, 4.69) is 36.6 Å². The van der Waals surface area contributed by atoms with Gasteiger partial charge >= 0.3 is 0 Å². The Hall–Kier alpha value is -2.66. The fourth-order valence-electron chi connectivity index (χ4n) is 3.64. The topological polar surface area (TPSA) is 108 Å². The minimum absolute atomic E-state index is 0.0581. The summed E-state index contributed by atoms with van der Waals surface area (Å²) in [5.74, 6) is -1.20. The van der Waals surface area contributed by atoms with Gasteiger partial charge in [0.1, 0.15) is 5.82 Å². The van der Waals surface area contributed by atoms with Gasteiger partial charge in [0.25, 0.3) is 0 Å². The third kappa shape index (κ3) is 11.5. The molecule has 0 saturated carbocycles. The number of nitrogens with two attached hydrogens (primary N) is 1. The maximum atomic E-state index is 12.9. The van der Waals surface area contributed by atoms with E-state index in [9.17, 15) is 18.2 Å². The summed E-state index contributed by atoms with van der Waals surface area (Å²) < 4.78 is 28.8. The average molecular weight is 534 g/mol. The number of amides is 2. The van der Waals surface area contributed by atoms with Crippen molar-refractivity contribution in [2.75, 3.05) is 38.0 Å². The van der Waals surface area contributed by atoms with Crippen LogP contribution in [0.5, 0.6) is 0 Å². The summed E-state index contributed by atoms with van der Waals surface area (Å²) in [6.07, 6.45) is 2.40. The van der Waals surface area contributed by atoms with Gasteiger partial charge in [0.05, 0.1) is 6.54 Å². The zero-order valence-electron chi connectivity index (χ0n) is 22.0. The molecule has 2 aromatic carbocycles. The van der Waals surface area contributed by atoms with Gasteiger partial charge in [-0.2, -0.15) is 0 Å². The first-order chi connectivity index (χ1) is 17.7. The van der Waals surface area contributed by atoms with Crippen molar-refractivity contribution in [3.63, 3.8) is 0 Å². The molecule has 37 heavy (non-hydrogen) atoms. The molecule has 1 aliphatic rings. The Balaban J connectivity index is 0.000000591. The smallest absolute Gasteiger partial charge is 0.235 e. The van der Waals surface area contributed by atoms with Crippen molar-refractivity contribution in [1.82, 2.24) is 13.9 Å². The molecule has 8 nitrogen and oxygen atoms in total. The average Bonchev–Trinajstić information content (AvgIpc) is 3.22. The van der Waals surface area contributed by atoms with Crippen molar-refractivity contribution in [1.29, 1.82) is 0 Å². The van der Waals surface area contributed by atoms with E-state index in [4.69, 9.17) is 5.73 Å². The molecule has 10 heteroatoms. The van der Waals surface area contributed by atoms with Crippen LogP contribution in [-0.4, -0.2) is 63.4 Å². The highest BCUT2D eigenvalue weighted by Gasteiger charge is 2.29. The number of benzene rings is 2. The zero-order valence-corrected chi connectivity index (χ0v) is 22.8. The molecule has 0 radical (unpaired) electrons. The Morgan fingerprint density at radius 2 is 1.73 bits per heavy atom. The van der Waals surface area contributed by atoms with E-state index in [1.165, 1.54) is 29.8 Å². The van der Waals surface area contributed by atoms with Crippen LogP contribution in [0.4, 0.5) is 10.1 Å². The summed E-state index contributed by atoms with van der Waals surface area (Å²) in [6, 6.07) is 15.4. The predicted molar refractivity (Wildman–Crippen MR) is 147 cm³/mol. The van der Waals surface area contributed by atoms with E-state index >= 15 is 0 Å². The standard InChI is InChI=1S/C20H32FN5O3S.C7H8/c1-3-4-9-25-10-11-26(30(25)29)14-19(27)23-13-17(22)12-15(2)20(28)24-18-7-5-16(21)6-8-18;1-7-5-3-2-4-6-7/h5-8,15,17H,3-4,9-14,22H2,1-2H3,(H,23,27)(H,24,28);2-6H,1H3. The zero-order chi connectivity index (χ0) is 27.2. The van der Waals surface area contributed by atoms with Crippen molar-refractivity contribution < 1.29 is 18.2 Å². The second-order valence-corrected chi connectivity index (χ2v) is 10.7. The predicted octanol–water partition coefficient (Wildman–Crippen LogP) is 3.23. The van der Waals surface area contributed by atoms with Crippen LogP contribution in [0.1, 0.15) is 38.7 Å². The molecular weight excluding hydrogens is 493 g/mol. The first kappa shape index (κ1) is 30.6. The number of carbonyl (C=O) groups is 2. The molecule has 3 unspecified atom stereocenters. The molecule has 0 aromatic heterocycles. The molecule has 0 bridgehead atoms. The van der Waals surface area contributed by atoms with Crippen molar-refractivity contribution >= 4 is 28.7 Å². The lowest BCUT2D eigenvalue weighted by Gasteiger charge is -2.19. The van der Waals surface area contributed by atoms with E-state index in [0.717, 1.165) is 19.4 Å². The van der Waals surface area contributed by atoms with Crippen molar-refractivity contribution in [2.45, 2.75) is 46.1 Å². The molecule has 1 aliphatic heterocycles. The Bertz CT molecular complexity index is 993. The van der Waals surface area contributed by atoms with Crippen LogP contribution in [0.3, 0.4) is 0 Å². The van der Waals surface area contributed by atoms with Crippen LogP contribution < -0.4 is 16.4 Å². The molecule has 1 heterocycles. The van der Waals surface area contributed by atoms with E-state index in [0.29, 0.717) is 25.2 Å². The Labute approximate surface area is 222 Å². The lowest BCUT2D eigenvalue weighted by atomic mass is 10.0. The number of nitrogens with zero attached hydrogens (tertiary/aromatic N) is 2. The number of unbranched alkanes of at least 4 members (excludes halogenated alkanes) is 1. The van der Waals surface area contributed by atoms with Gasteiger partial charge in [0.2, 0.25) is 11.8 Å². The largest absolute Gasteiger partial charge is 0.353 e. The van der Waals surface area contributed by atoms with E-state index in [-0.39, 0.29) is 36.6 Å². The van der Waals surface area contributed by atoms with Gasteiger partial charge in [-0.05, 0) is 44.0 Å². The summed E-state index contributed by atoms with van der Waals surface area (Å²) in [4.78, 5) is 24.4. The van der Waals surface area contributed by atoms with Crippen molar-refractivity contribution in [2.24, 2.45) is 11.7 Å². The third-order valence-electron chi connectivity index (χ3n) is 5.84. The van der Waals surface area contributed by atoms with Gasteiger partial charge in [-0.15, -0.1) is 0 Å². The Morgan fingerprint density at radius 3 is 2.32 bits per heavy atom. The highest BCUT2D eigenvalue weighted by molar-refractivity contribution is 7.80. The number of carbonyl (C=O) groups excluding carboxylic acids is 2. The number of halogens is 1. The maximum absolute atomic E-state index is 12.9. The molecule has 4 N–H and O–H groups in total. The SMILES string of the molecule is CCCCN1CCN(CC(=O)NCC(N)CC(C)C(=O)Nc2ccc(F)cc2)S1=O.Cc1ccccc1. The fourth-order valence-corrected chi connectivity index (χ4v) is 4.96. The summed E-state index contributed by atoms with van der Waals surface area (Å²) in [5, 5.41) is 5.47. The Kier molecular flexibility index (Phi) is 13.4. The fraction of sp³-hybridized carbons (Fsp3) is 0.481. The minimum atomic E-state index is -1.27. The molecule has 2 aromatic rings. The van der Waals surface area contributed by atoms with Crippen LogP contribution in [0.15, 0.2) is 54.6 Å². The molecule has 2 amide bonds. The highest BCUT2D eigenvalue weighted by atomic mass is 32.2. The third-order valence-corrected chi connectivity index (χ3v) is 7.40. The van der Waals surface area contributed by atoms with Crippen LogP contribution in [0.2, 0.25) is 0 Å². The van der Waals surface area contributed by atoms with E-state index in [1.54, 1.807) is 11.2 Å². The van der Waals surface area contributed by atoms with Crippen LogP contribution in [0.25, 0.3) is 0 Å². The molecular formula is C27H40FN5O3S. The van der Waals surface area contributed by atoms with E-state index in [1.807, 2.05) is 22.5 Å². The minimum Gasteiger partial charge on any atom is -0.353 e. The van der Waals surface area contributed by atoms with Gasteiger partial charge in [0, 0.05) is 43.8 Å². The van der Waals surface area contributed by atoms with Gasteiger partial charge in [-0.3, -0.25) is 9.59 Å². The number of nitrogens with one attached hydrogen (secondary N) is 2. The van der Waals surface area contributed by atoms with Gasteiger partial charge in [-0.1, -0.05) is 56.2 Å². The normalized spacial score (nSPS) is 17.4. The molecule has 1 fully saturated rings. The quantitative estimate of drug-likeness (QED) is 0.412. The first-order valence-corrected chi connectivity index (χ1v) is 13.8. The monoisotopic (exact) mass is 533 g/mol. The summed E-state index contributed by atoms with van der Waals surface area (Å²) in [5.41, 5.74) is 7.90. The van der Waals surface area contributed by atoms with Crippen molar-refractivity contribution in [3.05, 3.63) is 66.0 Å². The lowest BCUT2D eigenvalue weighted by molar-refractivity contribution is -0.121. The summed E-state index contributed by atoms with van der Waals surface area (Å²) in [6.45, 7) is 8.26. The van der Waals surface area contributed by atoms with Crippen LogP contribution >= 0.6 is 0 Å². The molecule has 3 atom stereocenters. The number of anilines is 1. The molecule has 0 aliphatic carbocycles. The van der Waals surface area contributed by atoms with Gasteiger partial charge < -0.3 is 16.4 Å². The van der Waals surface area contributed by atoms with Gasteiger partial charge in [0.15, 0.2) is 11.2 Å². The molecule has 0 spiro atoms. The van der Waals surface area contributed by atoms with E-state index < -0.39 is 17.2 Å². The van der Waals surface area contributed by atoms with Crippen molar-refractivity contribution in [3.8, 4) is 0 Å². The number of hydrogen-bond acceptors (Lipinski definition) is 4. The van der Waals surface area contributed by atoms with Crippen LogP contribution in [-0.2, 0) is 20.8 Å². The number of rotatable bonds is 11. The maximum Gasteiger partial charge on any atom is 0.235 e. The second kappa shape index (κ2) is 16.2. The summed E-state index contributed by atoms with van der Waals surface area (Å²) in [7, 11) is 0. The lowest BCUT2D eigenvalue weighted by Crippen LogP contribution is -2.43. The Morgan fingerprint density at radius 1 is 1.08 bits per heavy atom. The molecule has 204 valence electrons. The number of hydrogen-bond donors (Lipinski definition) is 3. The van der Waals surface area contributed by atoms with Gasteiger partial charge in [-0.25, -0.2) is 17.2 Å². The second-order valence-electron chi connectivity index (χ2n) is 9.23. The first-order valence-electron chi connectivity index (χ1n) is 12.7.